The summed E-state index contributed by atoms with van der Waals surface area (Å²) in [5.74, 6) is 1.25. The van der Waals surface area contributed by atoms with Crippen molar-refractivity contribution in [1.29, 1.82) is 0 Å². The molecule has 116 heavy (non-hydrogen) atoms. The van der Waals surface area contributed by atoms with E-state index < -0.39 is 97.5 Å². The summed E-state index contributed by atoms with van der Waals surface area (Å²) in [6.07, 6.45) is 79.3. The molecule has 19 heteroatoms. The van der Waals surface area contributed by atoms with Gasteiger partial charge in [-0.3, -0.25) is 37.3 Å². The van der Waals surface area contributed by atoms with Gasteiger partial charge in [0.15, 0.2) is 12.2 Å². The van der Waals surface area contributed by atoms with Crippen LogP contribution in [-0.4, -0.2) is 96.7 Å². The largest absolute Gasteiger partial charge is 0.472 e. The lowest BCUT2D eigenvalue weighted by molar-refractivity contribution is -0.161. The van der Waals surface area contributed by atoms with Crippen LogP contribution in [0.2, 0.25) is 0 Å². The standard InChI is InChI=1S/C97H190O17P2/c1-9-87(5)73-65-57-49-43-37-31-25-19-13-16-22-28-34-40-46-52-61-69-77-94(99)107-83-92(113-96(101)79-71-63-53-47-41-35-29-23-17-14-20-26-32-38-44-50-58-66-74-88(6)10-2)85-111-115(103,104)109-81-91(98)82-110-116(105,106)112-86-93(84-108-95(100)78-70-62-56-55-60-68-76-90(8)12-4)114-97(102)80-72-64-54-48-42-36-30-24-18-15-21-27-33-39-45-51-59-67-75-89(7)11-3/h87-93,98H,9-86H2,1-8H3,(H,103,104)(H,105,106)/t87?,88?,89?,90?,91-,92-,93-/m1/s1. The van der Waals surface area contributed by atoms with Gasteiger partial charge in [-0.1, -0.05) is 466 Å². The minimum atomic E-state index is -4.97. The van der Waals surface area contributed by atoms with Gasteiger partial charge in [-0.2, -0.15) is 0 Å². The Kier molecular flexibility index (Phi) is 83.8. The van der Waals surface area contributed by atoms with Crippen molar-refractivity contribution in [2.75, 3.05) is 39.6 Å². The van der Waals surface area contributed by atoms with Gasteiger partial charge in [0.05, 0.1) is 26.4 Å². The van der Waals surface area contributed by atoms with E-state index in [1.54, 1.807) is 0 Å². The van der Waals surface area contributed by atoms with Crippen LogP contribution < -0.4 is 0 Å². The van der Waals surface area contributed by atoms with E-state index in [0.717, 1.165) is 120 Å². The summed E-state index contributed by atoms with van der Waals surface area (Å²) >= 11 is 0. The zero-order valence-electron chi connectivity index (χ0n) is 77.1. The van der Waals surface area contributed by atoms with Crippen molar-refractivity contribution in [3.8, 4) is 0 Å². The lowest BCUT2D eigenvalue weighted by Crippen LogP contribution is -2.30. The number of carbonyl (C=O) groups is 4. The number of phosphoric ester groups is 2. The topological polar surface area (TPSA) is 237 Å². The molecular formula is C97H190O17P2. The molecule has 690 valence electrons. The van der Waals surface area contributed by atoms with Crippen LogP contribution in [0.1, 0.15) is 518 Å². The van der Waals surface area contributed by atoms with E-state index >= 15 is 0 Å². The summed E-state index contributed by atoms with van der Waals surface area (Å²) in [6, 6.07) is 0. The zero-order valence-corrected chi connectivity index (χ0v) is 78.9. The second-order valence-electron chi connectivity index (χ2n) is 35.8. The Morgan fingerprint density at radius 2 is 0.388 bits per heavy atom. The first-order chi connectivity index (χ1) is 56.2. The van der Waals surface area contributed by atoms with Gasteiger partial charge in [-0.05, 0) is 49.4 Å². The normalized spacial score (nSPS) is 14.7. The van der Waals surface area contributed by atoms with Crippen LogP contribution in [0.15, 0.2) is 0 Å². The number of hydrogen-bond donors (Lipinski definition) is 3. The van der Waals surface area contributed by atoms with E-state index in [4.69, 9.17) is 37.0 Å². The van der Waals surface area contributed by atoms with Crippen molar-refractivity contribution in [2.45, 2.75) is 536 Å². The molecule has 9 atom stereocenters. The molecule has 0 radical (unpaired) electrons. The molecule has 0 aromatic rings. The SMILES string of the molecule is CCC(C)CCCCCCCCCCCCCCCCCCCCC(=O)OC[C@H](COP(=O)(O)OC[C@@H](O)COP(=O)(O)OC[C@@H](COC(=O)CCCCCCCCC(C)CC)OC(=O)CCCCCCCCCCCCCCCCCCCCC(C)CC)OC(=O)CCCCCCCCCCCCCCCCCCCCC(C)CC. The van der Waals surface area contributed by atoms with Gasteiger partial charge >= 0.3 is 39.5 Å². The van der Waals surface area contributed by atoms with Crippen LogP contribution in [0.25, 0.3) is 0 Å². The second kappa shape index (κ2) is 85.2. The van der Waals surface area contributed by atoms with Gasteiger partial charge in [0.25, 0.3) is 0 Å². The number of aliphatic hydroxyl groups is 1. The Bertz CT molecular complexity index is 2240. The molecule has 0 spiro atoms. The number of hydrogen-bond acceptors (Lipinski definition) is 15. The van der Waals surface area contributed by atoms with Crippen molar-refractivity contribution < 1.29 is 80.2 Å². The van der Waals surface area contributed by atoms with Crippen molar-refractivity contribution >= 4 is 39.5 Å². The highest BCUT2D eigenvalue weighted by Gasteiger charge is 2.31. The smallest absolute Gasteiger partial charge is 0.462 e. The number of carbonyl (C=O) groups excluding carboxylic acids is 4. The average molecular weight is 1690 g/mol. The molecule has 0 aliphatic heterocycles. The Labute approximate surface area is 715 Å². The number of ether oxygens (including phenoxy) is 4. The first kappa shape index (κ1) is 114. The van der Waals surface area contributed by atoms with Gasteiger partial charge in [-0.25, -0.2) is 9.13 Å². The minimum Gasteiger partial charge on any atom is -0.462 e. The van der Waals surface area contributed by atoms with Gasteiger partial charge in [-0.15, -0.1) is 0 Å². The number of unbranched alkanes of at least 4 members (excludes halogenated alkanes) is 56. The third kappa shape index (κ3) is 84.3. The fourth-order valence-corrected chi connectivity index (χ4v) is 16.7. The van der Waals surface area contributed by atoms with Crippen LogP contribution in [0.5, 0.6) is 0 Å². The van der Waals surface area contributed by atoms with Gasteiger partial charge in [0, 0.05) is 25.7 Å². The predicted octanol–water partition coefficient (Wildman–Crippen LogP) is 30.2. The molecule has 0 amide bonds. The molecule has 17 nitrogen and oxygen atoms in total. The molecule has 0 heterocycles. The maximum atomic E-state index is 13.2. The van der Waals surface area contributed by atoms with E-state index in [1.165, 1.54) is 315 Å². The lowest BCUT2D eigenvalue weighted by Gasteiger charge is -2.21. The maximum Gasteiger partial charge on any atom is 0.472 e. The van der Waals surface area contributed by atoms with E-state index in [9.17, 15) is 43.2 Å². The summed E-state index contributed by atoms with van der Waals surface area (Å²) in [6.45, 7) is 14.5. The second-order valence-corrected chi connectivity index (χ2v) is 38.7. The average Bonchev–Trinajstić information content (AvgIpc) is 0.897. The highest BCUT2D eigenvalue weighted by atomic mass is 31.2. The first-order valence-electron chi connectivity index (χ1n) is 49.9. The molecule has 0 aromatic heterocycles. The Morgan fingerprint density at radius 3 is 0.569 bits per heavy atom. The highest BCUT2D eigenvalue weighted by Crippen LogP contribution is 2.45. The first-order valence-corrected chi connectivity index (χ1v) is 52.8. The van der Waals surface area contributed by atoms with Crippen LogP contribution in [0, 0.1) is 23.7 Å². The minimum absolute atomic E-state index is 0.108. The fraction of sp³-hybridized carbons (Fsp3) is 0.959. The van der Waals surface area contributed by atoms with E-state index in [0.29, 0.717) is 25.7 Å². The Morgan fingerprint density at radius 1 is 0.233 bits per heavy atom. The Balaban J connectivity index is 5.21. The zero-order chi connectivity index (χ0) is 85.2. The molecule has 0 aliphatic carbocycles. The van der Waals surface area contributed by atoms with Gasteiger partial charge < -0.3 is 33.8 Å². The number of aliphatic hydroxyl groups excluding tert-OH is 1. The maximum absolute atomic E-state index is 13.2. The number of phosphoric acid groups is 2. The predicted molar refractivity (Wildman–Crippen MR) is 483 cm³/mol. The lowest BCUT2D eigenvalue weighted by atomic mass is 9.99. The fourth-order valence-electron chi connectivity index (χ4n) is 15.1. The highest BCUT2D eigenvalue weighted by molar-refractivity contribution is 7.47. The summed E-state index contributed by atoms with van der Waals surface area (Å²) in [5, 5.41) is 10.7. The van der Waals surface area contributed by atoms with Crippen LogP contribution in [0.4, 0.5) is 0 Å². The van der Waals surface area contributed by atoms with Crippen LogP contribution >= 0.6 is 15.6 Å². The van der Waals surface area contributed by atoms with E-state index in [2.05, 4.69) is 55.4 Å². The molecule has 0 saturated carbocycles. The van der Waals surface area contributed by atoms with Gasteiger partial charge in [0.2, 0.25) is 0 Å². The van der Waals surface area contributed by atoms with E-state index in [1.807, 2.05) is 0 Å². The summed E-state index contributed by atoms with van der Waals surface area (Å²) in [4.78, 5) is 73.6. The van der Waals surface area contributed by atoms with Crippen molar-refractivity contribution in [2.24, 2.45) is 23.7 Å². The molecule has 0 aromatic carbocycles. The summed E-state index contributed by atoms with van der Waals surface area (Å²) < 4.78 is 69.2. The van der Waals surface area contributed by atoms with Crippen molar-refractivity contribution in [1.82, 2.24) is 0 Å². The molecule has 0 rings (SSSR count). The molecule has 6 unspecified atom stereocenters. The summed E-state index contributed by atoms with van der Waals surface area (Å²) in [7, 11) is -9.94. The molecule has 3 N–H and O–H groups in total. The molecule has 0 saturated heterocycles. The van der Waals surface area contributed by atoms with Crippen LogP contribution in [0.3, 0.4) is 0 Å². The van der Waals surface area contributed by atoms with Crippen LogP contribution in [-0.2, 0) is 65.4 Å². The van der Waals surface area contributed by atoms with Gasteiger partial charge in [0.1, 0.15) is 19.3 Å². The number of rotatable bonds is 94. The van der Waals surface area contributed by atoms with Crippen molar-refractivity contribution in [3.63, 3.8) is 0 Å². The Hall–Kier alpha value is -1.94. The third-order valence-electron chi connectivity index (χ3n) is 24.3. The summed E-state index contributed by atoms with van der Waals surface area (Å²) in [5.41, 5.74) is 0. The molecule has 0 aliphatic rings. The monoisotopic (exact) mass is 1690 g/mol. The third-order valence-corrected chi connectivity index (χ3v) is 26.2. The number of esters is 4. The molecule has 0 bridgehead atoms. The quantitative estimate of drug-likeness (QED) is 0.0222. The van der Waals surface area contributed by atoms with E-state index in [-0.39, 0.29) is 25.7 Å². The van der Waals surface area contributed by atoms with Crippen molar-refractivity contribution in [3.05, 3.63) is 0 Å². The molecule has 0 fully saturated rings. The molecular weight excluding hydrogens is 1500 g/mol.